The molecule has 1 aliphatic rings. The van der Waals surface area contributed by atoms with Gasteiger partial charge in [0.05, 0.1) is 30.5 Å². The summed E-state index contributed by atoms with van der Waals surface area (Å²) in [4.78, 5) is 17.5. The van der Waals surface area contributed by atoms with Crippen LogP contribution in [-0.2, 0) is 12.7 Å². The number of nitrogens with one attached hydrogen (secondary N) is 1. The molecule has 3 aromatic rings. The third kappa shape index (κ3) is 4.20. The Bertz CT molecular complexity index is 1090. The smallest absolute Gasteiger partial charge is 0.416 e. The number of carbonyl (C=O) groups is 1. The van der Waals surface area contributed by atoms with Crippen molar-refractivity contribution in [3.63, 3.8) is 0 Å². The van der Waals surface area contributed by atoms with E-state index >= 15 is 0 Å². The zero-order valence-corrected chi connectivity index (χ0v) is 16.0. The number of nitrogens with zero attached hydrogens (tertiary/aromatic N) is 6. The van der Waals surface area contributed by atoms with Crippen LogP contribution in [0, 0.1) is 11.5 Å². The van der Waals surface area contributed by atoms with Gasteiger partial charge in [0, 0.05) is 24.3 Å². The van der Waals surface area contributed by atoms with Crippen molar-refractivity contribution in [3.05, 3.63) is 60.1 Å². The second-order valence-electron chi connectivity index (χ2n) is 7.02. The Morgan fingerprint density at radius 3 is 2.84 bits per heavy atom. The van der Waals surface area contributed by atoms with Gasteiger partial charge < -0.3 is 14.6 Å². The minimum absolute atomic E-state index is 0.00215. The topological polar surface area (TPSA) is 113 Å². The first-order chi connectivity index (χ1) is 14.9. The predicted molar refractivity (Wildman–Crippen MR) is 99.4 cm³/mol. The van der Waals surface area contributed by atoms with Crippen molar-refractivity contribution in [1.82, 2.24) is 24.9 Å². The van der Waals surface area contributed by atoms with Gasteiger partial charge >= 0.3 is 12.1 Å². The van der Waals surface area contributed by atoms with Crippen molar-refractivity contribution >= 4 is 11.6 Å². The maximum absolute atomic E-state index is 13.8. The predicted octanol–water partition coefficient (Wildman–Crippen LogP) is 2.88. The van der Waals surface area contributed by atoms with E-state index in [1.54, 1.807) is 6.20 Å². The van der Waals surface area contributed by atoms with E-state index in [0.29, 0.717) is 6.54 Å². The molecule has 160 valence electrons. The Labute approximate surface area is 174 Å². The molecule has 9 nitrogen and oxygen atoms in total. The van der Waals surface area contributed by atoms with Crippen LogP contribution in [0.2, 0.25) is 0 Å². The number of rotatable bonds is 5. The number of alkyl halides is 3. The van der Waals surface area contributed by atoms with Crippen LogP contribution in [0.25, 0.3) is 0 Å². The van der Waals surface area contributed by atoms with Crippen molar-refractivity contribution in [2.24, 2.45) is 0 Å². The van der Waals surface area contributed by atoms with Crippen molar-refractivity contribution in [3.8, 4) is 6.19 Å². The molecule has 0 spiro atoms. The Morgan fingerprint density at radius 1 is 1.35 bits per heavy atom. The fourth-order valence-corrected chi connectivity index (χ4v) is 3.84. The molecule has 0 unspecified atom stereocenters. The zero-order valence-electron chi connectivity index (χ0n) is 16.0. The lowest BCUT2D eigenvalue weighted by Gasteiger charge is -2.21. The molecule has 2 aromatic heterocycles. The van der Waals surface area contributed by atoms with Crippen LogP contribution in [0.15, 0.2) is 47.5 Å². The third-order valence-electron chi connectivity index (χ3n) is 5.11. The first-order valence-corrected chi connectivity index (χ1v) is 9.28. The maximum Gasteiger partial charge on any atom is 0.416 e. The van der Waals surface area contributed by atoms with Gasteiger partial charge in [0.25, 0.3) is 5.89 Å². The Balaban J connectivity index is 1.68. The highest BCUT2D eigenvalue weighted by Gasteiger charge is 2.41. The average molecular weight is 431 g/mol. The van der Waals surface area contributed by atoms with Gasteiger partial charge in [0.1, 0.15) is 6.26 Å². The molecule has 1 aromatic carbocycles. The molecule has 1 aliphatic heterocycles. The van der Waals surface area contributed by atoms with E-state index in [0.717, 1.165) is 6.07 Å². The zero-order chi connectivity index (χ0) is 22.0. The van der Waals surface area contributed by atoms with Gasteiger partial charge in [-0.05, 0) is 24.1 Å². The van der Waals surface area contributed by atoms with Gasteiger partial charge in [-0.15, -0.1) is 5.10 Å². The van der Waals surface area contributed by atoms with Crippen LogP contribution >= 0.6 is 0 Å². The Kier molecular flexibility index (Phi) is 5.33. The van der Waals surface area contributed by atoms with E-state index in [-0.39, 0.29) is 36.1 Å². The molecule has 1 N–H and O–H groups in total. The van der Waals surface area contributed by atoms with Crippen molar-refractivity contribution in [2.75, 3.05) is 11.9 Å². The number of halogens is 3. The summed E-state index contributed by atoms with van der Waals surface area (Å²) in [5.41, 5.74) is -0.930. The number of carbonyl (C=O) groups excluding carboxylic acids is 1. The minimum Gasteiger partial charge on any atom is -0.441 e. The lowest BCUT2D eigenvalue weighted by Crippen LogP contribution is -2.29. The molecule has 1 saturated heterocycles. The second kappa shape index (κ2) is 8.10. The summed E-state index contributed by atoms with van der Waals surface area (Å²) in [6, 6.07) is 3.22. The van der Waals surface area contributed by atoms with Crippen LogP contribution in [0.5, 0.6) is 0 Å². The first kappa shape index (κ1) is 20.4. The second-order valence-corrected chi connectivity index (χ2v) is 7.02. The molecular weight excluding hydrogens is 415 g/mol. The van der Waals surface area contributed by atoms with Crippen LogP contribution in [0.4, 0.5) is 18.9 Å². The Morgan fingerprint density at radius 2 is 2.19 bits per heavy atom. The number of amides is 1. The summed E-state index contributed by atoms with van der Waals surface area (Å²) in [7, 11) is 0. The number of likely N-dealkylation sites (tertiary alicyclic amines) is 1. The van der Waals surface area contributed by atoms with E-state index in [1.165, 1.54) is 40.4 Å². The molecule has 3 heterocycles. The Hall–Kier alpha value is -3.88. The number of benzene rings is 1. The lowest BCUT2D eigenvalue weighted by molar-refractivity contribution is -0.138. The van der Waals surface area contributed by atoms with Gasteiger partial charge in [-0.3, -0.25) is 9.48 Å². The normalized spacial score (nSPS) is 18.7. The van der Waals surface area contributed by atoms with Crippen LogP contribution in [0.1, 0.15) is 34.2 Å². The van der Waals surface area contributed by atoms with Crippen molar-refractivity contribution in [1.29, 1.82) is 5.26 Å². The molecule has 0 radical (unpaired) electrons. The summed E-state index contributed by atoms with van der Waals surface area (Å²) < 4.78 is 47.9. The van der Waals surface area contributed by atoms with Crippen molar-refractivity contribution in [2.45, 2.75) is 31.1 Å². The molecule has 1 amide bonds. The average Bonchev–Trinajstić information content (AvgIpc) is 3.49. The number of oxazole rings is 1. The summed E-state index contributed by atoms with van der Waals surface area (Å²) in [5.74, 6) is -1.68. The van der Waals surface area contributed by atoms with E-state index < -0.39 is 23.6 Å². The standard InChI is InChI=1S/C19H16F3N7O2/c20-19(21,22)14-2-1-3-15(26-17(30)18-24-5-7-31-18)16(14)12-8-13(28(9-12)11-23)10-29-6-4-25-27-29/h1-7,12-13H,8-10H2,(H,26,30)/t12-,13-/m0/s1. The molecule has 12 heteroatoms. The SMILES string of the molecule is N#CN1C[C@@H](c2c(NC(=O)c3ncco3)cccc2C(F)(F)F)C[C@H]1Cn1ccnn1. The van der Waals surface area contributed by atoms with E-state index in [9.17, 15) is 23.2 Å². The van der Waals surface area contributed by atoms with Gasteiger partial charge in [-0.1, -0.05) is 11.3 Å². The maximum atomic E-state index is 13.8. The molecule has 0 saturated carbocycles. The summed E-state index contributed by atoms with van der Waals surface area (Å²) in [6.07, 6.45) is 3.23. The van der Waals surface area contributed by atoms with E-state index in [2.05, 4.69) is 20.6 Å². The fraction of sp³-hybridized carbons (Fsp3) is 0.316. The highest BCUT2D eigenvalue weighted by atomic mass is 19.4. The molecule has 31 heavy (non-hydrogen) atoms. The third-order valence-corrected chi connectivity index (χ3v) is 5.11. The van der Waals surface area contributed by atoms with E-state index in [4.69, 9.17) is 4.42 Å². The molecule has 4 rings (SSSR count). The first-order valence-electron chi connectivity index (χ1n) is 9.28. The molecule has 2 atom stereocenters. The highest BCUT2D eigenvalue weighted by Crippen LogP contribution is 2.43. The molecule has 1 fully saturated rings. The fourth-order valence-electron chi connectivity index (χ4n) is 3.84. The van der Waals surface area contributed by atoms with Crippen molar-refractivity contribution < 1.29 is 22.4 Å². The minimum atomic E-state index is -4.64. The molecule has 0 aliphatic carbocycles. The largest absolute Gasteiger partial charge is 0.441 e. The monoisotopic (exact) mass is 431 g/mol. The molecular formula is C19H16F3N7O2. The van der Waals surface area contributed by atoms with Gasteiger partial charge in [-0.2, -0.15) is 18.4 Å². The summed E-state index contributed by atoms with van der Waals surface area (Å²) in [5, 5.41) is 19.6. The number of hydrogen-bond acceptors (Lipinski definition) is 7. The number of anilines is 1. The van der Waals surface area contributed by atoms with Gasteiger partial charge in [-0.25, -0.2) is 4.98 Å². The lowest BCUT2D eigenvalue weighted by atomic mass is 9.90. The summed E-state index contributed by atoms with van der Waals surface area (Å²) >= 11 is 0. The van der Waals surface area contributed by atoms with E-state index in [1.807, 2.05) is 6.19 Å². The number of aromatic nitrogens is 4. The quantitative estimate of drug-likeness (QED) is 0.618. The summed E-state index contributed by atoms with van der Waals surface area (Å²) in [6.45, 7) is 0.376. The van der Waals surface area contributed by atoms with Gasteiger partial charge in [0.15, 0.2) is 6.19 Å². The van der Waals surface area contributed by atoms with Crippen LogP contribution < -0.4 is 5.32 Å². The number of nitriles is 1. The van der Waals surface area contributed by atoms with Crippen LogP contribution in [0.3, 0.4) is 0 Å². The highest BCUT2D eigenvalue weighted by molar-refractivity contribution is 6.01. The van der Waals surface area contributed by atoms with Gasteiger partial charge in [0.2, 0.25) is 0 Å². The molecule has 0 bridgehead atoms. The van der Waals surface area contributed by atoms with Crippen LogP contribution in [-0.4, -0.2) is 43.4 Å². The number of hydrogen-bond donors (Lipinski definition) is 1.